The van der Waals surface area contributed by atoms with E-state index in [2.05, 4.69) is 10.1 Å². The third-order valence-electron chi connectivity index (χ3n) is 3.47. The van der Waals surface area contributed by atoms with Crippen molar-refractivity contribution in [2.75, 3.05) is 6.54 Å². The van der Waals surface area contributed by atoms with E-state index in [4.69, 9.17) is 4.74 Å². The number of amides is 1. The molecule has 27 heavy (non-hydrogen) atoms. The molecule has 1 amide bonds. The quantitative estimate of drug-likeness (QED) is 0.682. The summed E-state index contributed by atoms with van der Waals surface area (Å²) in [5.41, 5.74) is 0.776. The van der Waals surface area contributed by atoms with E-state index in [0.29, 0.717) is 0 Å². The number of benzene rings is 2. The normalized spacial score (nSPS) is 13.5. The number of alkyl halides is 3. The molecule has 0 bridgehead atoms. The lowest BCUT2D eigenvalue weighted by atomic mass is 10.0. The molecule has 0 aromatic heterocycles. The lowest BCUT2D eigenvalue weighted by molar-refractivity contribution is -0.274. The summed E-state index contributed by atoms with van der Waals surface area (Å²) in [6.07, 6.45) is -8.67. The monoisotopic (exact) mass is 385 g/mol. The molecule has 0 saturated carbocycles. The van der Waals surface area contributed by atoms with Crippen molar-refractivity contribution in [2.24, 2.45) is 0 Å². The molecule has 0 aliphatic rings. The molecule has 2 aromatic carbocycles. The Kier molecular flexibility index (Phi) is 7.03. The summed E-state index contributed by atoms with van der Waals surface area (Å²) in [7, 11) is 0. The van der Waals surface area contributed by atoms with Crippen LogP contribution in [0.1, 0.15) is 17.2 Å². The van der Waals surface area contributed by atoms with Crippen molar-refractivity contribution in [3.63, 3.8) is 0 Å². The summed E-state index contributed by atoms with van der Waals surface area (Å²) in [6, 6.07) is 13.5. The minimum absolute atomic E-state index is 0.00343. The number of ether oxygens (including phenoxy) is 2. The largest absolute Gasteiger partial charge is 0.573 e. The zero-order chi connectivity index (χ0) is 19.9. The topological polar surface area (TPSA) is 88.0 Å². The van der Waals surface area contributed by atoms with Gasteiger partial charge in [-0.1, -0.05) is 42.5 Å². The maximum atomic E-state index is 12.2. The van der Waals surface area contributed by atoms with Gasteiger partial charge in [0.2, 0.25) is 0 Å². The van der Waals surface area contributed by atoms with Crippen LogP contribution < -0.4 is 10.1 Å². The molecule has 0 saturated heterocycles. The first-order valence-electron chi connectivity index (χ1n) is 7.91. The van der Waals surface area contributed by atoms with Gasteiger partial charge in [0, 0.05) is 6.54 Å². The summed E-state index contributed by atoms with van der Waals surface area (Å²) in [5, 5.41) is 22.3. The van der Waals surface area contributed by atoms with Gasteiger partial charge in [0.25, 0.3) is 0 Å². The van der Waals surface area contributed by atoms with Crippen LogP contribution in [0.4, 0.5) is 18.0 Å². The molecule has 0 aliphatic carbocycles. The average Bonchev–Trinajstić information content (AvgIpc) is 2.63. The lowest BCUT2D eigenvalue weighted by Gasteiger charge is -2.19. The number of halogens is 3. The standard InChI is InChI=1S/C18H18F3NO5/c19-18(20,21)27-14-8-4-7-13(9-14)16(24)15(23)10-22-17(25)26-11-12-5-2-1-3-6-12/h1-9,15-16,23-24H,10-11H2,(H,22,25). The second-order valence-corrected chi connectivity index (χ2v) is 5.58. The molecule has 9 heteroatoms. The molecule has 0 spiro atoms. The molecule has 2 rings (SSSR count). The van der Waals surface area contributed by atoms with Crippen LogP contribution in [0.15, 0.2) is 54.6 Å². The Balaban J connectivity index is 1.83. The highest BCUT2D eigenvalue weighted by Gasteiger charge is 2.31. The Morgan fingerprint density at radius 2 is 1.78 bits per heavy atom. The molecule has 0 radical (unpaired) electrons. The van der Waals surface area contributed by atoms with Gasteiger partial charge in [-0.05, 0) is 23.3 Å². The molecule has 2 unspecified atom stereocenters. The second-order valence-electron chi connectivity index (χ2n) is 5.58. The van der Waals surface area contributed by atoms with Crippen molar-refractivity contribution >= 4 is 6.09 Å². The van der Waals surface area contributed by atoms with Crippen LogP contribution in [0.5, 0.6) is 5.75 Å². The Bertz CT molecular complexity index is 739. The number of aliphatic hydroxyl groups is 2. The van der Waals surface area contributed by atoms with Crippen molar-refractivity contribution in [3.05, 3.63) is 65.7 Å². The van der Waals surface area contributed by atoms with Crippen LogP contribution in [0, 0.1) is 0 Å². The molecular weight excluding hydrogens is 367 g/mol. The van der Waals surface area contributed by atoms with E-state index in [-0.39, 0.29) is 18.7 Å². The summed E-state index contributed by atoms with van der Waals surface area (Å²) in [6.45, 7) is -0.332. The average molecular weight is 385 g/mol. The number of carbonyl (C=O) groups is 1. The van der Waals surface area contributed by atoms with Gasteiger partial charge in [0.15, 0.2) is 0 Å². The fraction of sp³-hybridized carbons (Fsp3) is 0.278. The zero-order valence-corrected chi connectivity index (χ0v) is 14.0. The van der Waals surface area contributed by atoms with Crippen LogP contribution in [-0.2, 0) is 11.3 Å². The highest BCUT2D eigenvalue weighted by atomic mass is 19.4. The van der Waals surface area contributed by atoms with E-state index in [1.165, 1.54) is 12.1 Å². The number of carbonyl (C=O) groups excluding carboxylic acids is 1. The molecule has 2 aromatic rings. The van der Waals surface area contributed by atoms with Crippen molar-refractivity contribution in [2.45, 2.75) is 25.2 Å². The van der Waals surface area contributed by atoms with Gasteiger partial charge in [-0.25, -0.2) is 4.79 Å². The number of alkyl carbamates (subject to hydrolysis) is 1. The summed E-state index contributed by atoms with van der Waals surface area (Å²) >= 11 is 0. The third-order valence-corrected chi connectivity index (χ3v) is 3.47. The summed E-state index contributed by atoms with van der Waals surface area (Å²) in [4.78, 5) is 11.6. The number of rotatable bonds is 7. The third kappa shape index (κ3) is 7.16. The molecule has 0 aliphatic heterocycles. The number of hydrogen-bond acceptors (Lipinski definition) is 5. The second kappa shape index (κ2) is 9.24. The predicted molar refractivity (Wildman–Crippen MR) is 88.7 cm³/mol. The Hall–Kier alpha value is -2.78. The predicted octanol–water partition coefficient (Wildman–Crippen LogP) is 2.91. The van der Waals surface area contributed by atoms with Crippen molar-refractivity contribution in [1.29, 1.82) is 0 Å². The van der Waals surface area contributed by atoms with E-state index in [1.54, 1.807) is 24.3 Å². The van der Waals surface area contributed by atoms with Gasteiger partial charge in [0.05, 0.1) is 0 Å². The molecule has 0 heterocycles. The van der Waals surface area contributed by atoms with Crippen LogP contribution in [0.2, 0.25) is 0 Å². The first-order chi connectivity index (χ1) is 12.7. The molecular formula is C18H18F3NO5. The molecule has 0 fully saturated rings. The Labute approximate surface area is 153 Å². The molecule has 3 N–H and O–H groups in total. The van der Waals surface area contributed by atoms with Crippen LogP contribution in [0.3, 0.4) is 0 Å². The highest BCUT2D eigenvalue weighted by molar-refractivity contribution is 5.67. The fourth-order valence-electron chi connectivity index (χ4n) is 2.19. The van der Waals surface area contributed by atoms with Gasteiger partial charge in [-0.15, -0.1) is 13.2 Å². The van der Waals surface area contributed by atoms with Crippen molar-refractivity contribution in [1.82, 2.24) is 5.32 Å². The Morgan fingerprint density at radius 3 is 2.44 bits per heavy atom. The van der Waals surface area contributed by atoms with E-state index in [9.17, 15) is 28.2 Å². The number of aliphatic hydroxyl groups excluding tert-OH is 2. The lowest BCUT2D eigenvalue weighted by Crippen LogP contribution is -2.35. The summed E-state index contributed by atoms with van der Waals surface area (Å²) in [5.74, 6) is -0.526. The number of hydrogen-bond donors (Lipinski definition) is 3. The van der Waals surface area contributed by atoms with Crippen molar-refractivity contribution in [3.8, 4) is 5.75 Å². The minimum atomic E-state index is -4.87. The minimum Gasteiger partial charge on any atom is -0.445 e. The Morgan fingerprint density at radius 1 is 1.07 bits per heavy atom. The smallest absolute Gasteiger partial charge is 0.445 e. The maximum absolute atomic E-state index is 12.2. The van der Waals surface area contributed by atoms with Gasteiger partial charge in [0.1, 0.15) is 24.6 Å². The first kappa shape index (κ1) is 20.5. The number of nitrogens with one attached hydrogen (secondary N) is 1. The highest BCUT2D eigenvalue weighted by Crippen LogP contribution is 2.26. The fourth-order valence-corrected chi connectivity index (χ4v) is 2.19. The molecule has 146 valence electrons. The van der Waals surface area contributed by atoms with Gasteiger partial charge in [-0.2, -0.15) is 0 Å². The van der Waals surface area contributed by atoms with E-state index in [1.807, 2.05) is 6.07 Å². The SMILES string of the molecule is O=C(NCC(O)C(O)c1cccc(OC(F)(F)F)c1)OCc1ccccc1. The zero-order valence-electron chi connectivity index (χ0n) is 14.0. The van der Waals surface area contributed by atoms with Crippen LogP contribution >= 0.6 is 0 Å². The van der Waals surface area contributed by atoms with Gasteiger partial charge < -0.3 is 25.0 Å². The van der Waals surface area contributed by atoms with E-state index in [0.717, 1.165) is 17.7 Å². The molecule has 6 nitrogen and oxygen atoms in total. The molecule has 2 atom stereocenters. The van der Waals surface area contributed by atoms with E-state index >= 15 is 0 Å². The first-order valence-corrected chi connectivity index (χ1v) is 7.91. The summed E-state index contributed by atoms with van der Waals surface area (Å²) < 4.78 is 45.4. The van der Waals surface area contributed by atoms with Gasteiger partial charge >= 0.3 is 12.5 Å². The van der Waals surface area contributed by atoms with Crippen LogP contribution in [-0.4, -0.2) is 35.3 Å². The van der Waals surface area contributed by atoms with Crippen molar-refractivity contribution < 1.29 is 37.7 Å². The van der Waals surface area contributed by atoms with Gasteiger partial charge in [-0.3, -0.25) is 0 Å². The van der Waals surface area contributed by atoms with Crippen LogP contribution in [0.25, 0.3) is 0 Å². The van der Waals surface area contributed by atoms with E-state index < -0.39 is 30.4 Å². The maximum Gasteiger partial charge on any atom is 0.573 e.